The molecule has 0 saturated carbocycles. The Balaban J connectivity index is 2.57. The average molecular weight is 267 g/mol. The Hall–Kier alpha value is -1.26. The molecule has 0 spiro atoms. The highest BCUT2D eigenvalue weighted by Gasteiger charge is 2.17. The van der Waals surface area contributed by atoms with Crippen LogP contribution in [0, 0.1) is 5.92 Å². The first kappa shape index (κ1) is 15.8. The van der Waals surface area contributed by atoms with Gasteiger partial charge in [-0.1, -0.05) is 32.8 Å². The number of phenols is 2. The summed E-state index contributed by atoms with van der Waals surface area (Å²) < 4.78 is 0. The number of aromatic hydroxyl groups is 2. The molecule has 4 N–H and O–H groups in total. The zero-order valence-corrected chi connectivity index (χ0v) is 11.9. The van der Waals surface area contributed by atoms with Gasteiger partial charge in [0.25, 0.3) is 0 Å². The van der Waals surface area contributed by atoms with E-state index in [1.54, 1.807) is 12.1 Å². The van der Waals surface area contributed by atoms with Crippen LogP contribution in [0.25, 0.3) is 0 Å². The number of rotatable bonds is 7. The summed E-state index contributed by atoms with van der Waals surface area (Å²) in [4.78, 5) is 0. The van der Waals surface area contributed by atoms with E-state index < -0.39 is 0 Å². The Morgan fingerprint density at radius 3 is 2.32 bits per heavy atom. The predicted octanol–water partition coefficient (Wildman–Crippen LogP) is 2.55. The van der Waals surface area contributed by atoms with Crippen LogP contribution in [0.5, 0.6) is 11.5 Å². The lowest BCUT2D eigenvalue weighted by atomic mass is 9.96. The maximum Gasteiger partial charge on any atom is 0.124 e. The fourth-order valence-corrected chi connectivity index (χ4v) is 2.31. The maximum atomic E-state index is 10.1. The summed E-state index contributed by atoms with van der Waals surface area (Å²) in [5.41, 5.74) is 0.717. The van der Waals surface area contributed by atoms with E-state index in [0.29, 0.717) is 12.5 Å². The molecule has 0 radical (unpaired) electrons. The van der Waals surface area contributed by atoms with Crippen LogP contribution in [0.3, 0.4) is 0 Å². The van der Waals surface area contributed by atoms with Gasteiger partial charge < -0.3 is 20.6 Å². The van der Waals surface area contributed by atoms with E-state index in [4.69, 9.17) is 0 Å². The number of aliphatic hydroxyl groups is 1. The zero-order valence-electron chi connectivity index (χ0n) is 11.9. The van der Waals surface area contributed by atoms with E-state index in [0.717, 1.165) is 18.4 Å². The Kier molecular flexibility index (Phi) is 6.12. The molecule has 4 heteroatoms. The van der Waals surface area contributed by atoms with Gasteiger partial charge >= 0.3 is 0 Å². The number of hydrogen-bond acceptors (Lipinski definition) is 4. The van der Waals surface area contributed by atoms with Crippen molar-refractivity contribution < 1.29 is 15.3 Å². The van der Waals surface area contributed by atoms with Crippen LogP contribution >= 0.6 is 0 Å². The molecule has 1 aromatic carbocycles. The second kappa shape index (κ2) is 7.36. The fraction of sp³-hybridized carbons (Fsp3) is 0.600. The monoisotopic (exact) mass is 267 g/mol. The van der Waals surface area contributed by atoms with Gasteiger partial charge in [-0.15, -0.1) is 0 Å². The van der Waals surface area contributed by atoms with Crippen LogP contribution in [0.4, 0.5) is 0 Å². The standard InChI is InChI=1S/C15H25NO3/c1-4-11(5-2)15(19)9-16-10(3)13-7-6-12(17)8-14(13)18/h6-8,10-11,15-19H,4-5,9H2,1-3H3. The first-order chi connectivity index (χ1) is 8.99. The molecule has 0 bridgehead atoms. The van der Waals surface area contributed by atoms with Gasteiger partial charge in [0.1, 0.15) is 11.5 Å². The number of benzene rings is 1. The summed E-state index contributed by atoms with van der Waals surface area (Å²) in [5, 5.41) is 32.3. The Morgan fingerprint density at radius 2 is 1.79 bits per heavy atom. The predicted molar refractivity (Wildman–Crippen MR) is 76.3 cm³/mol. The lowest BCUT2D eigenvalue weighted by Gasteiger charge is -2.23. The smallest absolute Gasteiger partial charge is 0.124 e. The van der Waals surface area contributed by atoms with Gasteiger partial charge in [-0.05, 0) is 18.9 Å². The van der Waals surface area contributed by atoms with Crippen molar-refractivity contribution in [3.63, 3.8) is 0 Å². The van der Waals surface area contributed by atoms with Crippen molar-refractivity contribution >= 4 is 0 Å². The van der Waals surface area contributed by atoms with Crippen molar-refractivity contribution in [2.45, 2.75) is 45.8 Å². The van der Waals surface area contributed by atoms with Gasteiger partial charge in [0, 0.05) is 24.2 Å². The van der Waals surface area contributed by atoms with E-state index in [1.807, 2.05) is 6.92 Å². The number of aliphatic hydroxyl groups excluding tert-OH is 1. The van der Waals surface area contributed by atoms with E-state index in [9.17, 15) is 15.3 Å². The van der Waals surface area contributed by atoms with Crippen molar-refractivity contribution in [3.05, 3.63) is 23.8 Å². The van der Waals surface area contributed by atoms with Gasteiger partial charge in [-0.3, -0.25) is 0 Å². The van der Waals surface area contributed by atoms with Crippen LogP contribution in [0.1, 0.15) is 45.2 Å². The Bertz CT molecular complexity index is 391. The molecule has 0 saturated heterocycles. The molecule has 4 nitrogen and oxygen atoms in total. The molecule has 2 atom stereocenters. The summed E-state index contributed by atoms with van der Waals surface area (Å²) in [6.07, 6.45) is 1.54. The highest BCUT2D eigenvalue weighted by molar-refractivity contribution is 5.40. The summed E-state index contributed by atoms with van der Waals surface area (Å²) in [6.45, 7) is 6.57. The molecule has 0 amide bonds. The lowest BCUT2D eigenvalue weighted by molar-refractivity contribution is 0.0988. The van der Waals surface area contributed by atoms with Crippen LogP contribution < -0.4 is 5.32 Å². The minimum Gasteiger partial charge on any atom is -0.508 e. The number of hydrogen-bond donors (Lipinski definition) is 4. The molecule has 0 aliphatic heterocycles. The summed E-state index contributed by atoms with van der Waals surface area (Å²) in [6, 6.07) is 4.48. The van der Waals surface area contributed by atoms with Crippen LogP contribution in [0.15, 0.2) is 18.2 Å². The Morgan fingerprint density at radius 1 is 1.16 bits per heavy atom. The molecule has 0 fully saturated rings. The van der Waals surface area contributed by atoms with Crippen molar-refractivity contribution in [2.75, 3.05) is 6.54 Å². The van der Waals surface area contributed by atoms with Gasteiger partial charge in [0.15, 0.2) is 0 Å². The molecular weight excluding hydrogens is 242 g/mol. The SMILES string of the molecule is CCC(CC)C(O)CNC(C)c1ccc(O)cc1O. The minimum atomic E-state index is -0.378. The first-order valence-corrected chi connectivity index (χ1v) is 6.92. The molecule has 0 aromatic heterocycles. The van der Waals surface area contributed by atoms with Crippen molar-refractivity contribution in [1.82, 2.24) is 5.32 Å². The molecule has 1 aromatic rings. The molecule has 19 heavy (non-hydrogen) atoms. The first-order valence-electron chi connectivity index (χ1n) is 6.92. The molecule has 108 valence electrons. The van der Waals surface area contributed by atoms with Gasteiger partial charge in [0.05, 0.1) is 6.10 Å². The highest BCUT2D eigenvalue weighted by Crippen LogP contribution is 2.27. The van der Waals surface area contributed by atoms with E-state index in [2.05, 4.69) is 19.2 Å². The summed E-state index contributed by atoms with van der Waals surface area (Å²) in [7, 11) is 0. The third-order valence-electron chi connectivity index (χ3n) is 3.71. The van der Waals surface area contributed by atoms with E-state index >= 15 is 0 Å². The molecule has 0 aliphatic carbocycles. The second-order valence-electron chi connectivity index (χ2n) is 5.02. The van der Waals surface area contributed by atoms with Crippen molar-refractivity contribution in [1.29, 1.82) is 0 Å². The van der Waals surface area contributed by atoms with Gasteiger partial charge in [0.2, 0.25) is 0 Å². The minimum absolute atomic E-state index is 0.0468. The lowest BCUT2D eigenvalue weighted by Crippen LogP contribution is -2.33. The highest BCUT2D eigenvalue weighted by atomic mass is 16.3. The van der Waals surface area contributed by atoms with Gasteiger partial charge in [-0.25, -0.2) is 0 Å². The number of nitrogens with one attached hydrogen (secondary N) is 1. The molecular formula is C15H25NO3. The summed E-state index contributed by atoms with van der Waals surface area (Å²) in [5.74, 6) is 0.413. The zero-order chi connectivity index (χ0) is 14.4. The molecule has 0 aliphatic rings. The van der Waals surface area contributed by atoms with Crippen molar-refractivity contribution in [3.8, 4) is 11.5 Å². The van der Waals surface area contributed by atoms with Crippen LogP contribution in [-0.4, -0.2) is 28.0 Å². The molecule has 1 rings (SSSR count). The van der Waals surface area contributed by atoms with E-state index in [-0.39, 0.29) is 23.6 Å². The van der Waals surface area contributed by atoms with Crippen molar-refractivity contribution in [2.24, 2.45) is 5.92 Å². The van der Waals surface area contributed by atoms with Gasteiger partial charge in [-0.2, -0.15) is 0 Å². The quantitative estimate of drug-likeness (QED) is 0.612. The topological polar surface area (TPSA) is 72.7 Å². The third-order valence-corrected chi connectivity index (χ3v) is 3.71. The normalized spacial score (nSPS) is 14.6. The maximum absolute atomic E-state index is 10.1. The number of phenolic OH excluding ortho intramolecular Hbond substituents is 2. The average Bonchev–Trinajstić information content (AvgIpc) is 2.37. The third kappa shape index (κ3) is 4.40. The largest absolute Gasteiger partial charge is 0.508 e. The van der Waals surface area contributed by atoms with Crippen LogP contribution in [-0.2, 0) is 0 Å². The second-order valence-corrected chi connectivity index (χ2v) is 5.02. The van der Waals surface area contributed by atoms with Crippen LogP contribution in [0.2, 0.25) is 0 Å². The van der Waals surface area contributed by atoms with E-state index in [1.165, 1.54) is 6.07 Å². The molecule has 0 heterocycles. The summed E-state index contributed by atoms with van der Waals surface area (Å²) >= 11 is 0. The molecule has 2 unspecified atom stereocenters. The fourth-order valence-electron chi connectivity index (χ4n) is 2.31. The Labute approximate surface area is 115 Å².